The summed E-state index contributed by atoms with van der Waals surface area (Å²) in [5.74, 6) is -0.182. The molecule has 2 aromatic carbocycles. The van der Waals surface area contributed by atoms with Crippen molar-refractivity contribution in [3.8, 4) is 0 Å². The molecule has 7 heteroatoms. The van der Waals surface area contributed by atoms with Crippen LogP contribution >= 0.6 is 11.6 Å². The minimum absolute atomic E-state index is 0.0862. The smallest absolute Gasteiger partial charge is 0.246 e. The second-order valence-corrected chi connectivity index (χ2v) is 6.69. The first-order chi connectivity index (χ1) is 13.5. The van der Waals surface area contributed by atoms with E-state index in [1.807, 2.05) is 36.4 Å². The van der Waals surface area contributed by atoms with E-state index in [1.54, 1.807) is 13.2 Å². The summed E-state index contributed by atoms with van der Waals surface area (Å²) in [5.41, 5.74) is 1.80. The molecule has 0 aliphatic carbocycles. The summed E-state index contributed by atoms with van der Waals surface area (Å²) in [5, 5.41) is 5.93. The molecule has 1 amide bonds. The summed E-state index contributed by atoms with van der Waals surface area (Å²) in [7, 11) is 0. The SMILES string of the molecule is CC(Nc1cccc(COCc2ccco2)c1)C(=O)Nc1ccc(Cl)cc1F. The summed E-state index contributed by atoms with van der Waals surface area (Å²) >= 11 is 5.72. The molecule has 0 bridgehead atoms. The molecule has 0 fully saturated rings. The zero-order valence-corrected chi connectivity index (χ0v) is 16.0. The number of anilines is 2. The zero-order chi connectivity index (χ0) is 19.9. The number of ether oxygens (including phenoxy) is 1. The van der Waals surface area contributed by atoms with Crippen LogP contribution in [-0.4, -0.2) is 11.9 Å². The Bertz CT molecular complexity index is 931. The minimum atomic E-state index is -0.580. The average molecular weight is 403 g/mol. The molecule has 146 valence electrons. The first kappa shape index (κ1) is 19.9. The summed E-state index contributed by atoms with van der Waals surface area (Å²) in [4.78, 5) is 12.3. The summed E-state index contributed by atoms with van der Waals surface area (Å²) in [6, 6.07) is 14.7. The van der Waals surface area contributed by atoms with Crippen LogP contribution in [0.15, 0.2) is 65.3 Å². The number of nitrogens with one attached hydrogen (secondary N) is 2. The van der Waals surface area contributed by atoms with Crippen LogP contribution in [0, 0.1) is 5.82 Å². The predicted molar refractivity (Wildman–Crippen MR) is 107 cm³/mol. The number of benzene rings is 2. The van der Waals surface area contributed by atoms with Gasteiger partial charge >= 0.3 is 0 Å². The van der Waals surface area contributed by atoms with Crippen molar-refractivity contribution in [2.24, 2.45) is 0 Å². The third kappa shape index (κ3) is 5.58. The Kier molecular flexibility index (Phi) is 6.68. The molecule has 3 aromatic rings. The van der Waals surface area contributed by atoms with Gasteiger partial charge in [-0.05, 0) is 55.0 Å². The van der Waals surface area contributed by atoms with Gasteiger partial charge < -0.3 is 19.8 Å². The monoisotopic (exact) mass is 402 g/mol. The normalized spacial score (nSPS) is 11.8. The van der Waals surface area contributed by atoms with E-state index >= 15 is 0 Å². The lowest BCUT2D eigenvalue weighted by molar-refractivity contribution is -0.116. The molecule has 0 spiro atoms. The fourth-order valence-electron chi connectivity index (χ4n) is 2.56. The van der Waals surface area contributed by atoms with Gasteiger partial charge in [-0.3, -0.25) is 4.79 Å². The van der Waals surface area contributed by atoms with Crippen molar-refractivity contribution >= 4 is 28.9 Å². The van der Waals surface area contributed by atoms with Crippen LogP contribution in [0.5, 0.6) is 0 Å². The number of hydrogen-bond donors (Lipinski definition) is 2. The van der Waals surface area contributed by atoms with Crippen LogP contribution in [0.1, 0.15) is 18.2 Å². The average Bonchev–Trinajstić information content (AvgIpc) is 3.18. The first-order valence-electron chi connectivity index (χ1n) is 8.73. The second-order valence-electron chi connectivity index (χ2n) is 6.25. The van der Waals surface area contributed by atoms with Crippen LogP contribution in [-0.2, 0) is 22.7 Å². The number of rotatable bonds is 8. The van der Waals surface area contributed by atoms with Crippen molar-refractivity contribution in [2.45, 2.75) is 26.2 Å². The summed E-state index contributed by atoms with van der Waals surface area (Å²) < 4.78 is 24.7. The predicted octanol–water partition coefficient (Wildman–Crippen LogP) is 5.23. The maximum Gasteiger partial charge on any atom is 0.246 e. The van der Waals surface area contributed by atoms with Crippen LogP contribution in [0.25, 0.3) is 0 Å². The van der Waals surface area contributed by atoms with Crippen molar-refractivity contribution in [3.63, 3.8) is 0 Å². The highest BCUT2D eigenvalue weighted by Crippen LogP contribution is 2.20. The largest absolute Gasteiger partial charge is 0.467 e. The van der Waals surface area contributed by atoms with Crippen molar-refractivity contribution in [2.75, 3.05) is 10.6 Å². The third-order valence-electron chi connectivity index (χ3n) is 3.99. The second kappa shape index (κ2) is 9.39. The van der Waals surface area contributed by atoms with Crippen molar-refractivity contribution in [1.82, 2.24) is 0 Å². The summed E-state index contributed by atoms with van der Waals surface area (Å²) in [6.07, 6.45) is 1.60. The highest BCUT2D eigenvalue weighted by atomic mass is 35.5. The van der Waals surface area contributed by atoms with Gasteiger partial charge in [-0.25, -0.2) is 4.39 Å². The lowest BCUT2D eigenvalue weighted by atomic mass is 10.2. The molecule has 2 N–H and O–H groups in total. The van der Waals surface area contributed by atoms with Gasteiger partial charge in [-0.1, -0.05) is 23.7 Å². The van der Waals surface area contributed by atoms with E-state index < -0.39 is 11.9 Å². The molecule has 1 atom stereocenters. The Balaban J connectivity index is 1.54. The van der Waals surface area contributed by atoms with Crippen molar-refractivity contribution < 1.29 is 18.3 Å². The number of carbonyl (C=O) groups is 1. The van der Waals surface area contributed by atoms with Gasteiger partial charge in [0, 0.05) is 10.7 Å². The highest BCUT2D eigenvalue weighted by molar-refractivity contribution is 6.30. The van der Waals surface area contributed by atoms with Crippen LogP contribution in [0.2, 0.25) is 5.02 Å². The van der Waals surface area contributed by atoms with Gasteiger partial charge in [-0.2, -0.15) is 0 Å². The molecule has 3 rings (SSSR count). The fraction of sp³-hybridized carbons (Fsp3) is 0.190. The van der Waals surface area contributed by atoms with E-state index in [4.69, 9.17) is 20.8 Å². The standard InChI is InChI=1S/C21H20ClFN2O3/c1-14(21(26)25-20-8-7-16(22)11-19(20)23)24-17-5-2-4-15(10-17)12-27-13-18-6-3-9-28-18/h2-11,14,24H,12-13H2,1H3,(H,25,26). The highest BCUT2D eigenvalue weighted by Gasteiger charge is 2.15. The van der Waals surface area contributed by atoms with Gasteiger partial charge in [0.05, 0.1) is 18.6 Å². The molecule has 1 aromatic heterocycles. The Hall–Kier alpha value is -2.83. The molecule has 1 heterocycles. The number of amides is 1. The lowest BCUT2D eigenvalue weighted by Crippen LogP contribution is -2.32. The first-order valence-corrected chi connectivity index (χ1v) is 9.10. The molecule has 1 unspecified atom stereocenters. The number of hydrogen-bond acceptors (Lipinski definition) is 4. The molecule has 0 aliphatic rings. The van der Waals surface area contributed by atoms with Gasteiger partial charge in [0.15, 0.2) is 0 Å². The van der Waals surface area contributed by atoms with Gasteiger partial charge in [0.25, 0.3) is 0 Å². The van der Waals surface area contributed by atoms with E-state index in [9.17, 15) is 9.18 Å². The molecule has 0 saturated heterocycles. The maximum atomic E-state index is 13.8. The summed E-state index contributed by atoms with van der Waals surface area (Å²) in [6.45, 7) is 2.49. The molecular formula is C21H20ClFN2O3. The quantitative estimate of drug-likeness (QED) is 0.541. The zero-order valence-electron chi connectivity index (χ0n) is 15.2. The van der Waals surface area contributed by atoms with E-state index in [2.05, 4.69) is 10.6 Å². The van der Waals surface area contributed by atoms with Crippen molar-refractivity contribution in [3.05, 3.63) is 83.0 Å². The Morgan fingerprint density at radius 2 is 2.04 bits per heavy atom. The van der Waals surface area contributed by atoms with E-state index in [-0.39, 0.29) is 16.6 Å². The molecule has 0 saturated carbocycles. The fourth-order valence-corrected chi connectivity index (χ4v) is 2.72. The van der Waals surface area contributed by atoms with Gasteiger partial charge in [-0.15, -0.1) is 0 Å². The Labute approximate surface area is 167 Å². The Morgan fingerprint density at radius 3 is 2.79 bits per heavy atom. The molecular weight excluding hydrogens is 383 g/mol. The van der Waals surface area contributed by atoms with E-state index in [1.165, 1.54) is 12.1 Å². The molecule has 28 heavy (non-hydrogen) atoms. The molecule has 0 radical (unpaired) electrons. The molecule has 0 aliphatic heterocycles. The number of halogens is 2. The topological polar surface area (TPSA) is 63.5 Å². The van der Waals surface area contributed by atoms with E-state index in [0.717, 1.165) is 23.1 Å². The maximum absolute atomic E-state index is 13.8. The van der Waals surface area contributed by atoms with Crippen LogP contribution in [0.3, 0.4) is 0 Å². The number of furan rings is 1. The van der Waals surface area contributed by atoms with Gasteiger partial charge in [0.2, 0.25) is 5.91 Å². The van der Waals surface area contributed by atoms with Crippen LogP contribution < -0.4 is 10.6 Å². The van der Waals surface area contributed by atoms with Crippen LogP contribution in [0.4, 0.5) is 15.8 Å². The number of carbonyl (C=O) groups excluding carboxylic acids is 1. The lowest BCUT2D eigenvalue weighted by Gasteiger charge is -2.16. The van der Waals surface area contributed by atoms with E-state index in [0.29, 0.717) is 13.2 Å². The minimum Gasteiger partial charge on any atom is -0.467 e. The Morgan fingerprint density at radius 1 is 1.18 bits per heavy atom. The molecule has 5 nitrogen and oxygen atoms in total. The van der Waals surface area contributed by atoms with Crippen molar-refractivity contribution in [1.29, 1.82) is 0 Å². The third-order valence-corrected chi connectivity index (χ3v) is 4.22. The van der Waals surface area contributed by atoms with Gasteiger partial charge in [0.1, 0.15) is 24.2 Å².